The van der Waals surface area contributed by atoms with Crippen LogP contribution < -0.4 is 5.73 Å². The molecule has 2 N–H and O–H groups in total. The molecule has 4 nitrogen and oxygen atoms in total. The number of hydrogen-bond donors (Lipinski definition) is 1. The molecule has 0 spiro atoms. The van der Waals surface area contributed by atoms with Gasteiger partial charge < -0.3 is 14.6 Å². The Bertz CT molecular complexity index is 351. The third-order valence-electron chi connectivity index (χ3n) is 1.49. The van der Waals surface area contributed by atoms with Gasteiger partial charge in [-0.1, -0.05) is 0 Å². The SMILES string of the molecule is NCc1cnc(-c2ccco2)o1. The monoisotopic (exact) mass is 164 g/mol. The lowest BCUT2D eigenvalue weighted by Gasteiger charge is -1.86. The Morgan fingerprint density at radius 3 is 3.00 bits per heavy atom. The van der Waals surface area contributed by atoms with E-state index in [1.54, 1.807) is 24.6 Å². The number of furan rings is 1. The summed E-state index contributed by atoms with van der Waals surface area (Å²) < 4.78 is 10.3. The van der Waals surface area contributed by atoms with Crippen molar-refractivity contribution in [1.82, 2.24) is 4.98 Å². The summed E-state index contributed by atoms with van der Waals surface area (Å²) in [5, 5.41) is 0. The van der Waals surface area contributed by atoms with E-state index in [1.807, 2.05) is 0 Å². The van der Waals surface area contributed by atoms with Crippen LogP contribution >= 0.6 is 0 Å². The highest BCUT2D eigenvalue weighted by atomic mass is 16.4. The quantitative estimate of drug-likeness (QED) is 0.728. The minimum absolute atomic E-state index is 0.355. The first-order chi connectivity index (χ1) is 5.90. The summed E-state index contributed by atoms with van der Waals surface area (Å²) in [5.41, 5.74) is 5.35. The van der Waals surface area contributed by atoms with Crippen LogP contribution in [0.4, 0.5) is 0 Å². The maximum Gasteiger partial charge on any atom is 0.263 e. The van der Waals surface area contributed by atoms with Crippen LogP contribution in [0.3, 0.4) is 0 Å². The predicted octanol–water partition coefficient (Wildman–Crippen LogP) is 1.39. The fraction of sp³-hybridized carbons (Fsp3) is 0.125. The van der Waals surface area contributed by atoms with Crippen LogP contribution in [0.5, 0.6) is 0 Å². The van der Waals surface area contributed by atoms with Crippen LogP contribution in [-0.4, -0.2) is 4.98 Å². The molecule has 0 fully saturated rings. The van der Waals surface area contributed by atoms with E-state index in [1.165, 1.54) is 0 Å². The van der Waals surface area contributed by atoms with Gasteiger partial charge in [-0.15, -0.1) is 0 Å². The number of aromatic nitrogens is 1. The van der Waals surface area contributed by atoms with Crippen LogP contribution in [-0.2, 0) is 6.54 Å². The first-order valence-corrected chi connectivity index (χ1v) is 3.59. The second-order valence-corrected chi connectivity index (χ2v) is 2.31. The first-order valence-electron chi connectivity index (χ1n) is 3.59. The molecule has 12 heavy (non-hydrogen) atoms. The molecule has 0 saturated carbocycles. The van der Waals surface area contributed by atoms with Crippen LogP contribution in [0.25, 0.3) is 11.7 Å². The van der Waals surface area contributed by atoms with E-state index in [0.717, 1.165) is 0 Å². The summed E-state index contributed by atoms with van der Waals surface area (Å²) in [4.78, 5) is 3.99. The lowest BCUT2D eigenvalue weighted by Crippen LogP contribution is -1.92. The smallest absolute Gasteiger partial charge is 0.263 e. The van der Waals surface area contributed by atoms with E-state index < -0.39 is 0 Å². The maximum atomic E-state index is 5.35. The van der Waals surface area contributed by atoms with E-state index in [0.29, 0.717) is 24.0 Å². The topological polar surface area (TPSA) is 65.2 Å². The molecule has 0 radical (unpaired) electrons. The molecule has 62 valence electrons. The Morgan fingerprint density at radius 2 is 2.42 bits per heavy atom. The summed E-state index contributed by atoms with van der Waals surface area (Å²) in [7, 11) is 0. The molecular formula is C8H8N2O2. The average molecular weight is 164 g/mol. The van der Waals surface area contributed by atoms with Gasteiger partial charge >= 0.3 is 0 Å². The van der Waals surface area contributed by atoms with Crippen molar-refractivity contribution < 1.29 is 8.83 Å². The number of oxazole rings is 1. The van der Waals surface area contributed by atoms with Crippen molar-refractivity contribution >= 4 is 0 Å². The molecule has 0 atom stereocenters. The van der Waals surface area contributed by atoms with Crippen molar-refractivity contribution in [2.24, 2.45) is 5.73 Å². The van der Waals surface area contributed by atoms with Crippen molar-refractivity contribution in [2.75, 3.05) is 0 Å². The highest BCUT2D eigenvalue weighted by Gasteiger charge is 2.06. The van der Waals surface area contributed by atoms with Gasteiger partial charge in [-0.2, -0.15) is 0 Å². The van der Waals surface area contributed by atoms with Gasteiger partial charge in [0.25, 0.3) is 5.89 Å². The molecule has 0 aliphatic carbocycles. The Morgan fingerprint density at radius 1 is 1.50 bits per heavy atom. The van der Waals surface area contributed by atoms with Crippen LogP contribution in [0.2, 0.25) is 0 Å². The van der Waals surface area contributed by atoms with Crippen molar-refractivity contribution in [3.63, 3.8) is 0 Å². The zero-order valence-electron chi connectivity index (χ0n) is 6.36. The summed E-state index contributed by atoms with van der Waals surface area (Å²) in [6, 6.07) is 3.56. The normalized spacial score (nSPS) is 10.4. The maximum absolute atomic E-state index is 5.35. The van der Waals surface area contributed by atoms with Crippen molar-refractivity contribution in [1.29, 1.82) is 0 Å². The number of rotatable bonds is 2. The lowest BCUT2D eigenvalue weighted by molar-refractivity contribution is 0.488. The predicted molar refractivity (Wildman–Crippen MR) is 42.1 cm³/mol. The van der Waals surface area contributed by atoms with Crippen LogP contribution in [0.1, 0.15) is 5.76 Å². The Balaban J connectivity index is 2.35. The number of nitrogens with two attached hydrogens (primary N) is 1. The van der Waals surface area contributed by atoms with E-state index in [4.69, 9.17) is 14.6 Å². The molecule has 0 amide bonds. The van der Waals surface area contributed by atoms with Gasteiger partial charge in [-0.25, -0.2) is 4.98 Å². The first kappa shape index (κ1) is 7.12. The van der Waals surface area contributed by atoms with Gasteiger partial charge in [-0.05, 0) is 12.1 Å². The van der Waals surface area contributed by atoms with Crippen molar-refractivity contribution in [3.05, 3.63) is 30.4 Å². The van der Waals surface area contributed by atoms with Gasteiger partial charge in [0.05, 0.1) is 19.0 Å². The third-order valence-corrected chi connectivity index (χ3v) is 1.49. The highest BCUT2D eigenvalue weighted by Crippen LogP contribution is 2.18. The molecule has 2 aromatic rings. The van der Waals surface area contributed by atoms with Gasteiger partial charge in [0.1, 0.15) is 5.76 Å². The second-order valence-electron chi connectivity index (χ2n) is 2.31. The number of nitrogens with zero attached hydrogens (tertiary/aromatic N) is 1. The van der Waals surface area contributed by atoms with E-state index in [-0.39, 0.29) is 0 Å². The zero-order chi connectivity index (χ0) is 8.39. The Labute approximate surface area is 69.0 Å². The summed E-state index contributed by atoms with van der Waals surface area (Å²) in [6.07, 6.45) is 3.17. The molecule has 0 aliphatic heterocycles. The van der Waals surface area contributed by atoms with Gasteiger partial charge in [0.2, 0.25) is 0 Å². The van der Waals surface area contributed by atoms with Crippen molar-refractivity contribution in [3.8, 4) is 11.7 Å². The van der Waals surface area contributed by atoms with E-state index in [9.17, 15) is 0 Å². The van der Waals surface area contributed by atoms with Crippen molar-refractivity contribution in [2.45, 2.75) is 6.54 Å². The zero-order valence-corrected chi connectivity index (χ0v) is 6.36. The molecule has 0 bridgehead atoms. The number of hydrogen-bond acceptors (Lipinski definition) is 4. The fourth-order valence-corrected chi connectivity index (χ4v) is 0.916. The molecule has 0 aromatic carbocycles. The molecule has 0 saturated heterocycles. The standard InChI is InChI=1S/C8H8N2O2/c9-4-6-5-10-8(12-6)7-2-1-3-11-7/h1-3,5H,4,9H2. The summed E-state index contributed by atoms with van der Waals surface area (Å²) in [6.45, 7) is 0.355. The third kappa shape index (κ3) is 1.12. The van der Waals surface area contributed by atoms with E-state index in [2.05, 4.69) is 4.98 Å². The largest absolute Gasteiger partial charge is 0.459 e. The molecule has 2 rings (SSSR count). The molecule has 2 aromatic heterocycles. The average Bonchev–Trinajstić information content (AvgIpc) is 2.75. The molecule has 2 heterocycles. The van der Waals surface area contributed by atoms with Crippen LogP contribution in [0.15, 0.2) is 33.4 Å². The van der Waals surface area contributed by atoms with E-state index >= 15 is 0 Å². The minimum Gasteiger partial charge on any atom is -0.459 e. The van der Waals surface area contributed by atoms with Gasteiger partial charge in [0, 0.05) is 0 Å². The molecule has 0 unspecified atom stereocenters. The van der Waals surface area contributed by atoms with Gasteiger partial charge in [-0.3, -0.25) is 0 Å². The molecule has 4 heteroatoms. The fourth-order valence-electron chi connectivity index (χ4n) is 0.916. The Kier molecular flexibility index (Phi) is 1.68. The van der Waals surface area contributed by atoms with Crippen LogP contribution in [0, 0.1) is 0 Å². The summed E-state index contributed by atoms with van der Waals surface area (Å²) >= 11 is 0. The van der Waals surface area contributed by atoms with Gasteiger partial charge in [0.15, 0.2) is 5.76 Å². The highest BCUT2D eigenvalue weighted by molar-refractivity contribution is 5.43. The molecular weight excluding hydrogens is 156 g/mol. The Hall–Kier alpha value is -1.55. The summed E-state index contributed by atoms with van der Waals surface area (Å²) in [5.74, 6) is 1.75. The lowest BCUT2D eigenvalue weighted by atomic mass is 10.4. The molecule has 0 aliphatic rings. The minimum atomic E-state index is 0.355. The second kappa shape index (κ2) is 2.83.